The van der Waals surface area contributed by atoms with Gasteiger partial charge >= 0.3 is 0 Å². The Balaban J connectivity index is 1.77. The average Bonchev–Trinajstić information content (AvgIpc) is 3.31. The van der Waals surface area contributed by atoms with E-state index in [1.807, 2.05) is 10.1 Å². The van der Waals surface area contributed by atoms with Crippen LogP contribution in [0.15, 0.2) is 35.7 Å². The van der Waals surface area contributed by atoms with Gasteiger partial charge in [0.1, 0.15) is 11.8 Å². The first-order chi connectivity index (χ1) is 13.0. The Bertz CT molecular complexity index is 926. The number of hydrogen-bond donors (Lipinski definition) is 0. The molecule has 1 atom stereocenters. The minimum absolute atomic E-state index is 0.00137. The maximum absolute atomic E-state index is 5.44. The zero-order valence-corrected chi connectivity index (χ0v) is 17.0. The molecular weight excluding hydrogens is 358 g/mol. The first-order valence-corrected chi connectivity index (χ1v) is 10.1. The van der Waals surface area contributed by atoms with Gasteiger partial charge in [-0.3, -0.25) is 4.90 Å². The SMILES string of the molecule is COc1csc(C(c2nnnn2C(C)(C)C)N2CCc3ccccc3C2)c1. The molecule has 7 heteroatoms. The molecule has 142 valence electrons. The van der Waals surface area contributed by atoms with Gasteiger partial charge in [-0.15, -0.1) is 16.4 Å². The second kappa shape index (κ2) is 7.05. The largest absolute Gasteiger partial charge is 0.496 e. The van der Waals surface area contributed by atoms with Gasteiger partial charge in [0.2, 0.25) is 0 Å². The lowest BCUT2D eigenvalue weighted by atomic mass is 9.97. The Labute approximate surface area is 163 Å². The van der Waals surface area contributed by atoms with E-state index in [4.69, 9.17) is 4.74 Å². The second-order valence-electron chi connectivity index (χ2n) is 7.90. The quantitative estimate of drug-likeness (QED) is 0.688. The van der Waals surface area contributed by atoms with Crippen molar-refractivity contribution in [2.45, 2.75) is 45.3 Å². The molecule has 27 heavy (non-hydrogen) atoms. The van der Waals surface area contributed by atoms with Crippen molar-refractivity contribution in [3.8, 4) is 5.75 Å². The molecule has 6 nitrogen and oxygen atoms in total. The molecule has 1 unspecified atom stereocenters. The highest BCUT2D eigenvalue weighted by Gasteiger charge is 2.34. The number of fused-ring (bicyclic) bond motifs is 1. The first kappa shape index (κ1) is 18.1. The Morgan fingerprint density at radius 2 is 1.96 bits per heavy atom. The summed E-state index contributed by atoms with van der Waals surface area (Å²) in [4.78, 5) is 3.67. The molecule has 0 aliphatic carbocycles. The third kappa shape index (κ3) is 3.49. The molecule has 0 N–H and O–H groups in total. The van der Waals surface area contributed by atoms with Crippen LogP contribution in [0.4, 0.5) is 0 Å². The van der Waals surface area contributed by atoms with Crippen molar-refractivity contribution < 1.29 is 4.74 Å². The van der Waals surface area contributed by atoms with Gasteiger partial charge in [0.25, 0.3) is 0 Å². The molecule has 0 spiro atoms. The van der Waals surface area contributed by atoms with Crippen molar-refractivity contribution >= 4 is 11.3 Å². The second-order valence-corrected chi connectivity index (χ2v) is 8.84. The van der Waals surface area contributed by atoms with E-state index in [0.717, 1.165) is 31.1 Å². The molecule has 3 aromatic rings. The van der Waals surface area contributed by atoms with Crippen LogP contribution in [0.1, 0.15) is 48.6 Å². The molecule has 0 amide bonds. The van der Waals surface area contributed by atoms with Gasteiger partial charge in [-0.25, -0.2) is 4.68 Å². The Morgan fingerprint density at radius 3 is 2.67 bits per heavy atom. The van der Waals surface area contributed by atoms with Crippen molar-refractivity contribution in [3.63, 3.8) is 0 Å². The Kier molecular flexibility index (Phi) is 4.74. The zero-order valence-electron chi connectivity index (χ0n) is 16.2. The molecule has 0 saturated heterocycles. The summed E-state index contributed by atoms with van der Waals surface area (Å²) in [6.07, 6.45) is 1.03. The van der Waals surface area contributed by atoms with Crippen molar-refractivity contribution in [3.05, 3.63) is 57.5 Å². The fraction of sp³-hybridized carbons (Fsp3) is 0.450. The summed E-state index contributed by atoms with van der Waals surface area (Å²) < 4.78 is 7.39. The highest BCUT2D eigenvalue weighted by molar-refractivity contribution is 7.10. The van der Waals surface area contributed by atoms with Crippen LogP contribution in [0.2, 0.25) is 0 Å². The predicted molar refractivity (Wildman–Crippen MR) is 106 cm³/mol. The highest BCUT2D eigenvalue weighted by atomic mass is 32.1. The molecule has 3 heterocycles. The number of benzene rings is 1. The van der Waals surface area contributed by atoms with Crippen molar-refractivity contribution in [2.24, 2.45) is 0 Å². The summed E-state index contributed by atoms with van der Waals surface area (Å²) in [6.45, 7) is 8.25. The fourth-order valence-electron chi connectivity index (χ4n) is 3.64. The minimum atomic E-state index is -0.188. The minimum Gasteiger partial charge on any atom is -0.496 e. The molecule has 0 fully saturated rings. The summed E-state index contributed by atoms with van der Waals surface area (Å²) in [5, 5.41) is 14.8. The number of rotatable bonds is 4. The lowest BCUT2D eigenvalue weighted by Crippen LogP contribution is -2.37. The van der Waals surface area contributed by atoms with Crippen LogP contribution in [-0.2, 0) is 18.5 Å². The van der Waals surface area contributed by atoms with Crippen LogP contribution in [0.5, 0.6) is 5.75 Å². The number of methoxy groups -OCH3 is 1. The summed E-state index contributed by atoms with van der Waals surface area (Å²) in [7, 11) is 1.71. The van der Waals surface area contributed by atoms with E-state index in [2.05, 4.69) is 71.5 Å². The van der Waals surface area contributed by atoms with Crippen LogP contribution in [0, 0.1) is 0 Å². The van der Waals surface area contributed by atoms with Crippen LogP contribution < -0.4 is 4.74 Å². The van der Waals surface area contributed by atoms with Gasteiger partial charge in [0, 0.05) is 23.3 Å². The third-order valence-corrected chi connectivity index (χ3v) is 5.96. The molecule has 2 aromatic heterocycles. The monoisotopic (exact) mass is 383 g/mol. The lowest BCUT2D eigenvalue weighted by molar-refractivity contribution is 0.188. The van der Waals surface area contributed by atoms with E-state index in [9.17, 15) is 0 Å². The van der Waals surface area contributed by atoms with E-state index in [1.54, 1.807) is 18.4 Å². The average molecular weight is 384 g/mol. The van der Waals surface area contributed by atoms with Crippen LogP contribution in [0.25, 0.3) is 0 Å². The normalized spacial score (nSPS) is 16.1. The number of thiophene rings is 1. The van der Waals surface area contributed by atoms with E-state index < -0.39 is 0 Å². The zero-order chi connectivity index (χ0) is 19.0. The van der Waals surface area contributed by atoms with Crippen LogP contribution >= 0.6 is 11.3 Å². The van der Waals surface area contributed by atoms with E-state index in [0.29, 0.717) is 0 Å². The van der Waals surface area contributed by atoms with Gasteiger partial charge in [-0.2, -0.15) is 0 Å². The summed E-state index contributed by atoms with van der Waals surface area (Å²) >= 11 is 1.70. The highest BCUT2D eigenvalue weighted by Crippen LogP contribution is 2.37. The predicted octanol–water partition coefficient (Wildman–Crippen LogP) is 3.65. The molecule has 1 aliphatic rings. The smallest absolute Gasteiger partial charge is 0.174 e. The standard InChI is InChI=1S/C20H25N5OS/c1-20(2,3)25-19(21-22-23-25)18(17-11-16(26-4)13-27-17)24-10-9-14-7-5-6-8-15(14)12-24/h5-8,11,13,18H,9-10,12H2,1-4H3. The molecular formula is C20H25N5OS. The Morgan fingerprint density at radius 1 is 1.19 bits per heavy atom. The van der Waals surface area contributed by atoms with Gasteiger partial charge < -0.3 is 4.74 Å². The summed E-state index contributed by atoms with van der Waals surface area (Å²) in [5.41, 5.74) is 2.63. The van der Waals surface area contributed by atoms with Gasteiger partial charge in [0.05, 0.1) is 12.6 Å². The van der Waals surface area contributed by atoms with Crippen LogP contribution in [0.3, 0.4) is 0 Å². The molecule has 0 bridgehead atoms. The topological polar surface area (TPSA) is 56.1 Å². The Hall–Kier alpha value is -2.25. The maximum Gasteiger partial charge on any atom is 0.174 e. The van der Waals surface area contributed by atoms with E-state index >= 15 is 0 Å². The van der Waals surface area contributed by atoms with Crippen molar-refractivity contribution in [1.29, 1.82) is 0 Å². The molecule has 1 aliphatic heterocycles. The number of aromatic nitrogens is 4. The summed E-state index contributed by atoms with van der Waals surface area (Å²) in [6, 6.07) is 10.8. The summed E-state index contributed by atoms with van der Waals surface area (Å²) in [5.74, 6) is 1.76. The molecule has 1 aromatic carbocycles. The number of nitrogens with zero attached hydrogens (tertiary/aromatic N) is 5. The third-order valence-electron chi connectivity index (χ3n) is 5.00. The lowest BCUT2D eigenvalue weighted by Gasteiger charge is -2.35. The van der Waals surface area contributed by atoms with Crippen molar-refractivity contribution in [1.82, 2.24) is 25.1 Å². The number of ether oxygens (including phenoxy) is 1. The van der Waals surface area contributed by atoms with Crippen LogP contribution in [-0.4, -0.2) is 38.8 Å². The maximum atomic E-state index is 5.44. The van der Waals surface area contributed by atoms with Crippen molar-refractivity contribution in [2.75, 3.05) is 13.7 Å². The van der Waals surface area contributed by atoms with Gasteiger partial charge in [-0.1, -0.05) is 24.3 Å². The number of tetrazole rings is 1. The van der Waals surface area contributed by atoms with Gasteiger partial charge in [-0.05, 0) is 54.8 Å². The molecule has 4 rings (SSSR count). The first-order valence-electron chi connectivity index (χ1n) is 9.19. The van der Waals surface area contributed by atoms with Gasteiger partial charge in [0.15, 0.2) is 5.82 Å². The number of hydrogen-bond acceptors (Lipinski definition) is 6. The van der Waals surface area contributed by atoms with E-state index in [1.165, 1.54) is 16.0 Å². The fourth-order valence-corrected chi connectivity index (χ4v) is 4.62. The van der Waals surface area contributed by atoms with E-state index in [-0.39, 0.29) is 11.6 Å². The molecule has 0 saturated carbocycles. The molecule has 0 radical (unpaired) electrons.